The van der Waals surface area contributed by atoms with Crippen LogP contribution in [0.5, 0.6) is 0 Å². The third kappa shape index (κ3) is 4.75. The SMILES string of the molecule is Cc1cc2c(NC(=O)NCCc3ccc(C(F)(F)F)cc3)cccc2cn1. The molecular weight excluding hydrogens is 355 g/mol. The number of anilines is 1. The standard InChI is InChI=1S/C20H18F3N3O/c1-13-11-17-15(12-25-13)3-2-4-18(17)26-19(27)24-10-9-14-5-7-16(8-6-14)20(21,22)23/h2-8,11-12H,9-10H2,1H3,(H2,24,26,27). The van der Waals surface area contributed by atoms with E-state index in [1.807, 2.05) is 25.1 Å². The Morgan fingerprint density at radius 1 is 1.11 bits per heavy atom. The summed E-state index contributed by atoms with van der Waals surface area (Å²) in [6, 6.07) is 12.0. The predicted molar refractivity (Wildman–Crippen MR) is 98.6 cm³/mol. The van der Waals surface area contributed by atoms with Crippen LogP contribution in [0.2, 0.25) is 0 Å². The van der Waals surface area contributed by atoms with Gasteiger partial charge in [0.2, 0.25) is 0 Å². The lowest BCUT2D eigenvalue weighted by Gasteiger charge is -2.11. The van der Waals surface area contributed by atoms with E-state index in [0.29, 0.717) is 18.7 Å². The number of aromatic nitrogens is 1. The molecule has 0 saturated carbocycles. The number of alkyl halides is 3. The summed E-state index contributed by atoms with van der Waals surface area (Å²) < 4.78 is 37.7. The van der Waals surface area contributed by atoms with Crippen molar-refractivity contribution in [3.05, 3.63) is 71.5 Å². The highest BCUT2D eigenvalue weighted by Crippen LogP contribution is 2.29. The fourth-order valence-corrected chi connectivity index (χ4v) is 2.73. The maximum absolute atomic E-state index is 12.6. The van der Waals surface area contributed by atoms with Crippen LogP contribution in [0, 0.1) is 6.92 Å². The normalized spacial score (nSPS) is 11.4. The van der Waals surface area contributed by atoms with Gasteiger partial charge in [0.05, 0.1) is 11.3 Å². The van der Waals surface area contributed by atoms with Gasteiger partial charge in [0.25, 0.3) is 0 Å². The first-order valence-electron chi connectivity index (χ1n) is 8.39. The van der Waals surface area contributed by atoms with Crippen LogP contribution in [0.25, 0.3) is 10.8 Å². The molecule has 7 heteroatoms. The Balaban J connectivity index is 1.57. The molecule has 0 aliphatic heterocycles. The van der Waals surface area contributed by atoms with Crippen LogP contribution in [0.1, 0.15) is 16.8 Å². The molecular formula is C20H18F3N3O. The smallest absolute Gasteiger partial charge is 0.338 e. The summed E-state index contributed by atoms with van der Waals surface area (Å²) in [5.74, 6) is 0. The van der Waals surface area contributed by atoms with E-state index in [-0.39, 0.29) is 6.03 Å². The minimum atomic E-state index is -4.34. The Morgan fingerprint density at radius 3 is 2.56 bits per heavy atom. The number of hydrogen-bond donors (Lipinski definition) is 2. The van der Waals surface area contributed by atoms with E-state index in [0.717, 1.165) is 34.2 Å². The Hall–Kier alpha value is -3.09. The van der Waals surface area contributed by atoms with E-state index < -0.39 is 11.7 Å². The lowest BCUT2D eigenvalue weighted by atomic mass is 10.1. The summed E-state index contributed by atoms with van der Waals surface area (Å²) in [6.45, 7) is 2.18. The molecule has 0 atom stereocenters. The van der Waals surface area contributed by atoms with E-state index in [2.05, 4.69) is 15.6 Å². The molecule has 0 spiro atoms. The number of hydrogen-bond acceptors (Lipinski definition) is 2. The van der Waals surface area contributed by atoms with E-state index in [4.69, 9.17) is 0 Å². The van der Waals surface area contributed by atoms with Gasteiger partial charge >= 0.3 is 12.2 Å². The molecule has 2 aromatic carbocycles. The number of nitrogens with one attached hydrogen (secondary N) is 2. The van der Waals surface area contributed by atoms with Gasteiger partial charge in [-0.2, -0.15) is 13.2 Å². The maximum atomic E-state index is 12.6. The number of pyridine rings is 1. The zero-order chi connectivity index (χ0) is 19.4. The van der Waals surface area contributed by atoms with Gasteiger partial charge in [-0.05, 0) is 43.2 Å². The first-order chi connectivity index (χ1) is 12.8. The molecule has 0 unspecified atom stereocenters. The quantitative estimate of drug-likeness (QED) is 0.682. The fourth-order valence-electron chi connectivity index (χ4n) is 2.73. The molecule has 0 aliphatic carbocycles. The molecule has 140 valence electrons. The van der Waals surface area contributed by atoms with Crippen LogP contribution >= 0.6 is 0 Å². The van der Waals surface area contributed by atoms with Gasteiger partial charge in [0.15, 0.2) is 0 Å². The molecule has 2 N–H and O–H groups in total. The van der Waals surface area contributed by atoms with Gasteiger partial charge in [-0.15, -0.1) is 0 Å². The Morgan fingerprint density at radius 2 is 1.85 bits per heavy atom. The number of urea groups is 1. The Bertz CT molecular complexity index is 953. The van der Waals surface area contributed by atoms with Crippen molar-refractivity contribution >= 4 is 22.5 Å². The van der Waals surface area contributed by atoms with Crippen LogP contribution in [0.15, 0.2) is 54.7 Å². The van der Waals surface area contributed by atoms with Crippen molar-refractivity contribution < 1.29 is 18.0 Å². The van der Waals surface area contributed by atoms with Gasteiger partial charge in [0.1, 0.15) is 0 Å². The summed E-state index contributed by atoms with van der Waals surface area (Å²) in [5, 5.41) is 7.33. The molecule has 0 bridgehead atoms. The largest absolute Gasteiger partial charge is 0.416 e. The molecule has 1 aromatic heterocycles. The number of halogens is 3. The van der Waals surface area contributed by atoms with Gasteiger partial charge in [-0.1, -0.05) is 24.3 Å². The number of fused-ring (bicyclic) bond motifs is 1. The van der Waals surface area contributed by atoms with Crippen molar-refractivity contribution in [1.29, 1.82) is 0 Å². The highest BCUT2D eigenvalue weighted by molar-refractivity contribution is 6.01. The van der Waals surface area contributed by atoms with Crippen molar-refractivity contribution in [3.8, 4) is 0 Å². The van der Waals surface area contributed by atoms with E-state index in [1.165, 1.54) is 12.1 Å². The molecule has 27 heavy (non-hydrogen) atoms. The van der Waals surface area contributed by atoms with Crippen LogP contribution in [0.4, 0.5) is 23.7 Å². The fraction of sp³-hybridized carbons (Fsp3) is 0.200. The van der Waals surface area contributed by atoms with Crippen molar-refractivity contribution in [2.24, 2.45) is 0 Å². The van der Waals surface area contributed by atoms with E-state index >= 15 is 0 Å². The molecule has 0 fully saturated rings. The topological polar surface area (TPSA) is 54.0 Å². The Kier molecular flexibility index (Phi) is 5.30. The highest BCUT2D eigenvalue weighted by Gasteiger charge is 2.29. The average Bonchev–Trinajstić information content (AvgIpc) is 2.62. The summed E-state index contributed by atoms with van der Waals surface area (Å²) in [6.07, 6.45) is -2.16. The number of carbonyl (C=O) groups excluding carboxylic acids is 1. The molecule has 3 rings (SSSR count). The molecule has 4 nitrogen and oxygen atoms in total. The van der Waals surface area contributed by atoms with Crippen molar-refractivity contribution in [1.82, 2.24) is 10.3 Å². The number of rotatable bonds is 4. The summed E-state index contributed by atoms with van der Waals surface area (Å²) in [5.41, 5.74) is 1.55. The number of nitrogens with zero attached hydrogens (tertiary/aromatic N) is 1. The number of carbonyl (C=O) groups is 1. The second-order valence-corrected chi connectivity index (χ2v) is 6.18. The minimum absolute atomic E-state index is 0.308. The van der Waals surface area contributed by atoms with Gasteiger partial charge < -0.3 is 10.6 Å². The van der Waals surface area contributed by atoms with Crippen molar-refractivity contribution in [2.45, 2.75) is 19.5 Å². The molecule has 0 aliphatic rings. The number of benzene rings is 2. The average molecular weight is 373 g/mol. The monoisotopic (exact) mass is 373 g/mol. The third-order valence-corrected chi connectivity index (χ3v) is 4.13. The lowest BCUT2D eigenvalue weighted by molar-refractivity contribution is -0.137. The van der Waals surface area contributed by atoms with E-state index in [9.17, 15) is 18.0 Å². The predicted octanol–water partition coefficient (Wildman–Crippen LogP) is 4.93. The van der Waals surface area contributed by atoms with Crippen LogP contribution in [-0.2, 0) is 12.6 Å². The van der Waals surface area contributed by atoms with Gasteiger partial charge in [-0.3, -0.25) is 4.98 Å². The minimum Gasteiger partial charge on any atom is -0.338 e. The number of aryl methyl sites for hydroxylation is 1. The maximum Gasteiger partial charge on any atom is 0.416 e. The Labute approximate surface area is 154 Å². The highest BCUT2D eigenvalue weighted by atomic mass is 19.4. The van der Waals surface area contributed by atoms with Crippen molar-refractivity contribution in [2.75, 3.05) is 11.9 Å². The summed E-state index contributed by atoms with van der Waals surface area (Å²) in [4.78, 5) is 16.4. The second kappa shape index (κ2) is 7.65. The van der Waals surface area contributed by atoms with Crippen molar-refractivity contribution in [3.63, 3.8) is 0 Å². The summed E-state index contributed by atoms with van der Waals surface area (Å²) in [7, 11) is 0. The zero-order valence-electron chi connectivity index (χ0n) is 14.6. The molecule has 3 aromatic rings. The first-order valence-corrected chi connectivity index (χ1v) is 8.39. The third-order valence-electron chi connectivity index (χ3n) is 4.13. The first kappa shape index (κ1) is 18.7. The molecule has 0 radical (unpaired) electrons. The summed E-state index contributed by atoms with van der Waals surface area (Å²) >= 11 is 0. The zero-order valence-corrected chi connectivity index (χ0v) is 14.6. The molecule has 0 saturated heterocycles. The molecule has 1 heterocycles. The lowest BCUT2D eigenvalue weighted by Crippen LogP contribution is -2.30. The second-order valence-electron chi connectivity index (χ2n) is 6.18. The number of amides is 2. The molecule has 2 amide bonds. The van der Waals surface area contributed by atoms with Crippen LogP contribution < -0.4 is 10.6 Å². The van der Waals surface area contributed by atoms with Crippen LogP contribution in [-0.4, -0.2) is 17.6 Å². The van der Waals surface area contributed by atoms with Crippen LogP contribution in [0.3, 0.4) is 0 Å². The van der Waals surface area contributed by atoms with E-state index in [1.54, 1.807) is 12.3 Å². The van der Waals surface area contributed by atoms with Gasteiger partial charge in [-0.25, -0.2) is 4.79 Å². The van der Waals surface area contributed by atoms with Gasteiger partial charge in [0, 0.05) is 29.2 Å².